The molecule has 0 radical (unpaired) electrons. The van der Waals surface area contributed by atoms with E-state index in [1.54, 1.807) is 13.8 Å². The molecule has 0 aliphatic heterocycles. The molecule has 0 aliphatic carbocycles. The van der Waals surface area contributed by atoms with Crippen LogP contribution < -0.4 is 0 Å². The fraction of sp³-hybridized carbons (Fsp3) is 0.250. The topological polar surface area (TPSA) is 0 Å². The molecule has 0 nitrogen and oxygen atoms in total. The number of thioether (sulfide) groups is 2. The molecular weight excluding hydrogens is 370 g/mol. The van der Waals surface area contributed by atoms with E-state index < -0.39 is 46.0 Å². The van der Waals surface area contributed by atoms with Crippen LogP contribution >= 0.6 is 23.5 Å². The minimum Gasteiger partial charge on any atom is -0.206 e. The third-order valence-electron chi connectivity index (χ3n) is 3.10. The molecule has 0 unspecified atom stereocenters. The van der Waals surface area contributed by atoms with Crippen molar-refractivity contribution >= 4 is 23.5 Å². The van der Waals surface area contributed by atoms with E-state index in [1.807, 2.05) is 0 Å². The van der Waals surface area contributed by atoms with Crippen molar-refractivity contribution in [3.63, 3.8) is 0 Å². The Balaban J connectivity index is 2.73. The van der Waals surface area contributed by atoms with Crippen LogP contribution in [0.5, 0.6) is 0 Å². The zero-order valence-corrected chi connectivity index (χ0v) is 14.3. The highest BCUT2D eigenvalue weighted by molar-refractivity contribution is 7.99. The molecule has 2 aromatic carbocycles. The van der Waals surface area contributed by atoms with Gasteiger partial charge in [-0.2, -0.15) is 0 Å². The Labute approximate surface area is 143 Å². The summed E-state index contributed by atoms with van der Waals surface area (Å²) >= 11 is 1.67. The van der Waals surface area contributed by atoms with Gasteiger partial charge in [-0.15, -0.1) is 23.5 Å². The highest BCUT2D eigenvalue weighted by Gasteiger charge is 2.28. The standard InChI is InChI=1S/C16H12F6S2/c1-3-23-9-5-7(17)11(15(21)13(9)19)12-8(18)6-10(24-4-2)14(20)16(12)22/h5-6H,3-4H2,1-2H3. The molecule has 0 heterocycles. The predicted octanol–water partition coefficient (Wildman–Crippen LogP) is 6.41. The van der Waals surface area contributed by atoms with E-state index in [2.05, 4.69) is 0 Å². The van der Waals surface area contributed by atoms with Crippen LogP contribution in [0.15, 0.2) is 21.9 Å². The van der Waals surface area contributed by atoms with Crippen LogP contribution in [0, 0.1) is 34.9 Å². The minimum absolute atomic E-state index is 0.323. The summed E-state index contributed by atoms with van der Waals surface area (Å²) in [6, 6.07) is 1.29. The molecule has 2 aromatic rings. The first-order chi connectivity index (χ1) is 11.3. The number of benzene rings is 2. The second-order valence-electron chi connectivity index (χ2n) is 4.59. The Morgan fingerprint density at radius 1 is 0.625 bits per heavy atom. The Bertz CT molecular complexity index is 711. The summed E-state index contributed by atoms with van der Waals surface area (Å²) in [6.45, 7) is 3.29. The van der Waals surface area contributed by atoms with Gasteiger partial charge in [-0.3, -0.25) is 0 Å². The molecule has 8 heteroatoms. The first kappa shape index (κ1) is 19.1. The molecule has 130 valence electrons. The fourth-order valence-electron chi connectivity index (χ4n) is 2.13. The molecule has 0 aromatic heterocycles. The summed E-state index contributed by atoms with van der Waals surface area (Å²) < 4.78 is 84.6. The number of rotatable bonds is 5. The second kappa shape index (κ2) is 7.74. The van der Waals surface area contributed by atoms with Crippen LogP contribution in [0.4, 0.5) is 26.3 Å². The molecule has 0 fully saturated rings. The van der Waals surface area contributed by atoms with E-state index in [0.717, 1.165) is 23.5 Å². The molecule has 0 aliphatic rings. The lowest BCUT2D eigenvalue weighted by molar-refractivity contribution is 0.466. The van der Waals surface area contributed by atoms with Gasteiger partial charge in [-0.1, -0.05) is 13.8 Å². The summed E-state index contributed by atoms with van der Waals surface area (Å²) in [4.78, 5) is -0.647. The third-order valence-corrected chi connectivity index (χ3v) is 4.89. The predicted molar refractivity (Wildman–Crippen MR) is 84.4 cm³/mol. The number of halogens is 6. The summed E-state index contributed by atoms with van der Waals surface area (Å²) in [5.41, 5.74) is -2.51. The van der Waals surface area contributed by atoms with Gasteiger partial charge >= 0.3 is 0 Å². The monoisotopic (exact) mass is 382 g/mol. The lowest BCUT2D eigenvalue weighted by Crippen LogP contribution is -2.04. The van der Waals surface area contributed by atoms with Crippen molar-refractivity contribution in [1.82, 2.24) is 0 Å². The van der Waals surface area contributed by atoms with Gasteiger partial charge in [0.15, 0.2) is 23.3 Å². The Kier molecular flexibility index (Phi) is 6.14. The van der Waals surface area contributed by atoms with Gasteiger partial charge in [0.25, 0.3) is 0 Å². The molecule has 0 saturated carbocycles. The smallest absolute Gasteiger partial charge is 0.173 e. The first-order valence-electron chi connectivity index (χ1n) is 6.94. The van der Waals surface area contributed by atoms with E-state index in [9.17, 15) is 26.3 Å². The van der Waals surface area contributed by atoms with Crippen molar-refractivity contribution in [3.05, 3.63) is 47.0 Å². The lowest BCUT2D eigenvalue weighted by atomic mass is 10.0. The van der Waals surface area contributed by atoms with E-state index in [1.165, 1.54) is 0 Å². The van der Waals surface area contributed by atoms with Gasteiger partial charge in [-0.25, -0.2) is 26.3 Å². The van der Waals surface area contributed by atoms with E-state index in [0.29, 0.717) is 23.6 Å². The second-order valence-corrected chi connectivity index (χ2v) is 7.20. The minimum atomic E-state index is -1.75. The van der Waals surface area contributed by atoms with Crippen molar-refractivity contribution in [3.8, 4) is 11.1 Å². The van der Waals surface area contributed by atoms with Gasteiger partial charge in [0.1, 0.15) is 11.6 Å². The van der Waals surface area contributed by atoms with Crippen molar-refractivity contribution < 1.29 is 26.3 Å². The van der Waals surface area contributed by atoms with E-state index >= 15 is 0 Å². The number of hydrogen-bond acceptors (Lipinski definition) is 2. The maximum atomic E-state index is 14.2. The molecule has 0 atom stereocenters. The van der Waals surface area contributed by atoms with Crippen molar-refractivity contribution in [1.29, 1.82) is 0 Å². The van der Waals surface area contributed by atoms with Crippen LogP contribution in [0.1, 0.15) is 13.8 Å². The summed E-state index contributed by atoms with van der Waals surface area (Å²) in [6.07, 6.45) is 0. The molecule has 0 N–H and O–H groups in total. The lowest BCUT2D eigenvalue weighted by Gasteiger charge is -2.13. The zero-order chi connectivity index (χ0) is 18.0. The third kappa shape index (κ3) is 3.39. The van der Waals surface area contributed by atoms with Crippen molar-refractivity contribution in [2.24, 2.45) is 0 Å². The maximum Gasteiger partial charge on any atom is 0.173 e. The van der Waals surface area contributed by atoms with Crippen LogP contribution in [-0.2, 0) is 0 Å². The molecule has 2 rings (SSSR count). The Morgan fingerprint density at radius 3 is 1.25 bits per heavy atom. The SMILES string of the molecule is CCSc1cc(F)c(-c2c(F)cc(SCC)c(F)c2F)c(F)c1F. The highest BCUT2D eigenvalue weighted by atomic mass is 32.2. The number of hydrogen-bond donors (Lipinski definition) is 0. The Morgan fingerprint density at radius 2 is 0.958 bits per heavy atom. The van der Waals surface area contributed by atoms with E-state index in [-0.39, 0.29) is 9.79 Å². The van der Waals surface area contributed by atoms with Gasteiger partial charge in [0.2, 0.25) is 0 Å². The fourth-order valence-corrected chi connectivity index (χ4v) is 3.55. The van der Waals surface area contributed by atoms with Gasteiger partial charge in [0.05, 0.1) is 11.1 Å². The molecule has 0 saturated heterocycles. The summed E-state index contributed by atoms with van der Waals surface area (Å²) in [5, 5.41) is 0. The zero-order valence-electron chi connectivity index (χ0n) is 12.7. The van der Waals surface area contributed by atoms with Crippen LogP contribution in [0.2, 0.25) is 0 Å². The maximum absolute atomic E-state index is 14.2. The van der Waals surface area contributed by atoms with Crippen LogP contribution in [0.3, 0.4) is 0 Å². The summed E-state index contributed by atoms with van der Waals surface area (Å²) in [7, 11) is 0. The average Bonchev–Trinajstić information content (AvgIpc) is 2.53. The largest absolute Gasteiger partial charge is 0.206 e. The first-order valence-corrected chi connectivity index (χ1v) is 8.91. The van der Waals surface area contributed by atoms with Crippen molar-refractivity contribution in [2.45, 2.75) is 23.6 Å². The van der Waals surface area contributed by atoms with Gasteiger partial charge in [0, 0.05) is 9.79 Å². The normalized spacial score (nSPS) is 11.2. The van der Waals surface area contributed by atoms with Crippen LogP contribution in [-0.4, -0.2) is 11.5 Å². The average molecular weight is 382 g/mol. The quantitative estimate of drug-likeness (QED) is 0.333. The van der Waals surface area contributed by atoms with Gasteiger partial charge < -0.3 is 0 Å². The molecule has 24 heavy (non-hydrogen) atoms. The summed E-state index contributed by atoms with van der Waals surface area (Å²) in [5.74, 6) is -8.40. The van der Waals surface area contributed by atoms with Crippen molar-refractivity contribution in [2.75, 3.05) is 11.5 Å². The van der Waals surface area contributed by atoms with Gasteiger partial charge in [-0.05, 0) is 23.6 Å². The highest BCUT2D eigenvalue weighted by Crippen LogP contribution is 2.38. The molecule has 0 amide bonds. The van der Waals surface area contributed by atoms with Crippen LogP contribution in [0.25, 0.3) is 11.1 Å². The molecule has 0 bridgehead atoms. The Hall–Kier alpha value is -1.28. The van der Waals surface area contributed by atoms with E-state index in [4.69, 9.17) is 0 Å². The molecular formula is C16H12F6S2. The molecule has 0 spiro atoms.